The van der Waals surface area contributed by atoms with Gasteiger partial charge in [0.2, 0.25) is 5.91 Å². The second-order valence-electron chi connectivity index (χ2n) is 5.80. The molecule has 0 aliphatic carbocycles. The molecule has 0 spiro atoms. The van der Waals surface area contributed by atoms with E-state index in [1.54, 1.807) is 18.2 Å². The maximum absolute atomic E-state index is 13.5. The van der Waals surface area contributed by atoms with E-state index >= 15 is 0 Å². The number of benzene rings is 1. The summed E-state index contributed by atoms with van der Waals surface area (Å²) in [6.45, 7) is 0.377. The Labute approximate surface area is 131 Å². The molecule has 23 heavy (non-hydrogen) atoms. The van der Waals surface area contributed by atoms with E-state index in [4.69, 9.17) is 0 Å². The van der Waals surface area contributed by atoms with Crippen molar-refractivity contribution in [3.05, 3.63) is 35.6 Å². The van der Waals surface area contributed by atoms with Crippen LogP contribution in [0.4, 0.5) is 17.6 Å². The van der Waals surface area contributed by atoms with Gasteiger partial charge < -0.3 is 10.0 Å². The Hall–Kier alpha value is -1.63. The van der Waals surface area contributed by atoms with E-state index in [1.807, 2.05) is 0 Å². The van der Waals surface area contributed by atoms with Gasteiger partial charge in [-0.3, -0.25) is 4.79 Å². The molecule has 0 aromatic heterocycles. The van der Waals surface area contributed by atoms with Crippen molar-refractivity contribution in [2.24, 2.45) is 5.92 Å². The first-order chi connectivity index (χ1) is 10.8. The second-order valence-corrected chi connectivity index (χ2v) is 5.80. The Kier molecular flexibility index (Phi) is 5.62. The number of aliphatic hydroxyl groups excluding tert-OH is 1. The highest BCUT2D eigenvalue weighted by Crippen LogP contribution is 2.31. The first-order valence-corrected chi connectivity index (χ1v) is 7.55. The van der Waals surface area contributed by atoms with Gasteiger partial charge in [-0.2, -0.15) is 13.2 Å². The summed E-state index contributed by atoms with van der Waals surface area (Å²) in [5, 5.41) is 9.25. The van der Waals surface area contributed by atoms with Crippen molar-refractivity contribution in [1.29, 1.82) is 0 Å². The molecule has 7 heteroatoms. The largest absolute Gasteiger partial charge is 0.414 e. The van der Waals surface area contributed by atoms with Crippen LogP contribution in [0.1, 0.15) is 24.8 Å². The van der Waals surface area contributed by atoms with Gasteiger partial charge in [0, 0.05) is 19.5 Å². The Bertz CT molecular complexity index is 539. The molecule has 2 rings (SSSR count). The van der Waals surface area contributed by atoms with Gasteiger partial charge in [0.1, 0.15) is 5.82 Å². The number of hydrogen-bond acceptors (Lipinski definition) is 2. The Morgan fingerprint density at radius 3 is 2.43 bits per heavy atom. The summed E-state index contributed by atoms with van der Waals surface area (Å²) in [6.07, 6.45) is -6.35. The minimum atomic E-state index is -4.62. The van der Waals surface area contributed by atoms with Crippen molar-refractivity contribution in [2.45, 2.75) is 38.0 Å². The predicted octanol–water partition coefficient (Wildman–Crippen LogP) is 2.92. The van der Waals surface area contributed by atoms with Crippen molar-refractivity contribution in [2.75, 3.05) is 13.1 Å². The van der Waals surface area contributed by atoms with Crippen LogP contribution in [0.3, 0.4) is 0 Å². The summed E-state index contributed by atoms with van der Waals surface area (Å²) in [7, 11) is 0. The van der Waals surface area contributed by atoms with Gasteiger partial charge in [-0.05, 0) is 36.8 Å². The first kappa shape index (κ1) is 17.7. The van der Waals surface area contributed by atoms with E-state index in [1.165, 1.54) is 11.0 Å². The lowest BCUT2D eigenvalue weighted by Gasteiger charge is -2.34. The molecule has 1 aliphatic rings. The molecular formula is C16H19F4NO2. The molecule has 1 aromatic carbocycles. The fourth-order valence-corrected chi connectivity index (χ4v) is 2.83. The number of aliphatic hydroxyl groups is 1. The molecule has 1 fully saturated rings. The maximum atomic E-state index is 13.5. The van der Waals surface area contributed by atoms with Gasteiger partial charge in [-0.1, -0.05) is 18.2 Å². The summed E-state index contributed by atoms with van der Waals surface area (Å²) >= 11 is 0. The number of carbonyl (C=O) groups excluding carboxylic acids is 1. The number of carbonyl (C=O) groups is 1. The number of piperidine rings is 1. The average molecular weight is 333 g/mol. The third kappa shape index (κ3) is 4.67. The molecule has 1 saturated heterocycles. The van der Waals surface area contributed by atoms with Crippen molar-refractivity contribution < 1.29 is 27.5 Å². The molecule has 128 valence electrons. The number of halogens is 4. The zero-order chi connectivity index (χ0) is 17.0. The van der Waals surface area contributed by atoms with Gasteiger partial charge >= 0.3 is 6.18 Å². The first-order valence-electron chi connectivity index (χ1n) is 7.55. The molecule has 1 unspecified atom stereocenters. The third-order valence-corrected chi connectivity index (χ3v) is 4.24. The SMILES string of the molecule is O=C(CCc1ccccc1F)N1CCC(C(O)C(F)(F)F)CC1. The highest BCUT2D eigenvalue weighted by molar-refractivity contribution is 5.76. The van der Waals surface area contributed by atoms with E-state index in [9.17, 15) is 27.5 Å². The summed E-state index contributed by atoms with van der Waals surface area (Å²) in [5.74, 6) is -1.44. The van der Waals surface area contributed by atoms with Crippen LogP contribution >= 0.6 is 0 Å². The fraction of sp³-hybridized carbons (Fsp3) is 0.562. The molecule has 1 aliphatic heterocycles. The van der Waals surface area contributed by atoms with Crippen molar-refractivity contribution in [3.8, 4) is 0 Å². The highest BCUT2D eigenvalue weighted by atomic mass is 19.4. The molecule has 1 atom stereocenters. The van der Waals surface area contributed by atoms with Gasteiger partial charge in [0.25, 0.3) is 0 Å². The molecule has 1 N–H and O–H groups in total. The lowest BCUT2D eigenvalue weighted by atomic mass is 9.90. The van der Waals surface area contributed by atoms with Crippen LogP contribution in [-0.2, 0) is 11.2 Å². The minimum absolute atomic E-state index is 0.117. The Balaban J connectivity index is 1.81. The van der Waals surface area contributed by atoms with Gasteiger partial charge in [0.15, 0.2) is 6.10 Å². The quantitative estimate of drug-likeness (QED) is 0.861. The number of aryl methyl sites for hydroxylation is 1. The summed E-state index contributed by atoms with van der Waals surface area (Å²) in [4.78, 5) is 13.6. The van der Waals surface area contributed by atoms with Gasteiger partial charge in [0.05, 0.1) is 0 Å². The fourth-order valence-electron chi connectivity index (χ4n) is 2.83. The molecule has 1 amide bonds. The molecular weight excluding hydrogens is 314 g/mol. The van der Waals surface area contributed by atoms with E-state index in [0.717, 1.165) is 0 Å². The number of alkyl halides is 3. The van der Waals surface area contributed by atoms with Gasteiger partial charge in [-0.15, -0.1) is 0 Å². The number of likely N-dealkylation sites (tertiary alicyclic amines) is 1. The van der Waals surface area contributed by atoms with Crippen LogP contribution in [0.5, 0.6) is 0 Å². The van der Waals surface area contributed by atoms with Crippen molar-refractivity contribution in [1.82, 2.24) is 4.90 Å². The normalized spacial score (nSPS) is 18.0. The van der Waals surface area contributed by atoms with Crippen LogP contribution in [0, 0.1) is 11.7 Å². The molecule has 0 saturated carbocycles. The molecule has 1 aromatic rings. The van der Waals surface area contributed by atoms with Crippen LogP contribution in [0.25, 0.3) is 0 Å². The topological polar surface area (TPSA) is 40.5 Å². The smallest absolute Gasteiger partial charge is 0.383 e. The van der Waals surface area contributed by atoms with Crippen LogP contribution in [0.15, 0.2) is 24.3 Å². The maximum Gasteiger partial charge on any atom is 0.414 e. The van der Waals surface area contributed by atoms with E-state index in [0.29, 0.717) is 5.56 Å². The number of hydrogen-bond donors (Lipinski definition) is 1. The zero-order valence-corrected chi connectivity index (χ0v) is 12.5. The molecule has 3 nitrogen and oxygen atoms in total. The number of amides is 1. The van der Waals surface area contributed by atoms with E-state index in [2.05, 4.69) is 0 Å². The summed E-state index contributed by atoms with van der Waals surface area (Å²) < 4.78 is 50.9. The van der Waals surface area contributed by atoms with Crippen LogP contribution < -0.4 is 0 Å². The van der Waals surface area contributed by atoms with E-state index in [-0.39, 0.29) is 50.5 Å². The average Bonchev–Trinajstić information content (AvgIpc) is 2.52. The Morgan fingerprint density at radius 2 is 1.87 bits per heavy atom. The summed E-state index contributed by atoms with van der Waals surface area (Å²) in [6, 6.07) is 6.18. The summed E-state index contributed by atoms with van der Waals surface area (Å²) in [5.41, 5.74) is 0.447. The lowest BCUT2D eigenvalue weighted by molar-refractivity contribution is -0.222. The monoisotopic (exact) mass is 333 g/mol. The molecule has 0 bridgehead atoms. The van der Waals surface area contributed by atoms with Crippen molar-refractivity contribution >= 4 is 5.91 Å². The number of nitrogens with zero attached hydrogens (tertiary/aromatic N) is 1. The molecule has 0 radical (unpaired) electrons. The second kappa shape index (κ2) is 7.29. The Morgan fingerprint density at radius 1 is 1.26 bits per heavy atom. The number of rotatable bonds is 4. The van der Waals surface area contributed by atoms with Crippen LogP contribution in [-0.4, -0.2) is 41.3 Å². The predicted molar refractivity (Wildman–Crippen MR) is 76.1 cm³/mol. The van der Waals surface area contributed by atoms with Crippen molar-refractivity contribution in [3.63, 3.8) is 0 Å². The zero-order valence-electron chi connectivity index (χ0n) is 12.5. The minimum Gasteiger partial charge on any atom is -0.383 e. The van der Waals surface area contributed by atoms with Crippen LogP contribution in [0.2, 0.25) is 0 Å². The standard InChI is InChI=1S/C16H19F4NO2/c17-13-4-2-1-3-11(13)5-6-14(22)21-9-7-12(8-10-21)15(23)16(18,19)20/h1-4,12,15,23H,5-10H2. The molecule has 1 heterocycles. The van der Waals surface area contributed by atoms with E-state index < -0.39 is 18.2 Å². The third-order valence-electron chi connectivity index (χ3n) is 4.24. The lowest BCUT2D eigenvalue weighted by Crippen LogP contribution is -2.45. The highest BCUT2D eigenvalue weighted by Gasteiger charge is 2.44. The van der Waals surface area contributed by atoms with Gasteiger partial charge in [-0.25, -0.2) is 4.39 Å².